The summed E-state index contributed by atoms with van der Waals surface area (Å²) < 4.78 is 4.61. The number of hydrogen-bond donors (Lipinski definition) is 0. The third-order valence-corrected chi connectivity index (χ3v) is 5.76. The van der Waals surface area contributed by atoms with Gasteiger partial charge in [-0.2, -0.15) is 0 Å². The second kappa shape index (κ2) is 11.2. The van der Waals surface area contributed by atoms with Crippen LogP contribution in [-0.4, -0.2) is 0 Å². The normalized spacial score (nSPS) is 10.8. The quantitative estimate of drug-likeness (QED) is 0.248. The monoisotopic (exact) mass is 408 g/mol. The highest BCUT2D eigenvalue weighted by atomic mass is 14.9. The summed E-state index contributed by atoms with van der Waals surface area (Å²) in [4.78, 5) is 0. The summed E-state index contributed by atoms with van der Waals surface area (Å²) in [5, 5.41) is 0. The van der Waals surface area contributed by atoms with E-state index >= 15 is 0 Å². The van der Waals surface area contributed by atoms with Crippen molar-refractivity contribution >= 4 is 0 Å². The zero-order valence-electron chi connectivity index (χ0n) is 18.2. The van der Waals surface area contributed by atoms with E-state index < -0.39 is 0 Å². The largest absolute Gasteiger partial charge is 0.205 e. The Balaban J connectivity index is 1.15. The molecule has 31 heavy (non-hydrogen) atoms. The Kier molecular flexibility index (Phi) is 7.60. The van der Waals surface area contributed by atoms with Crippen LogP contribution in [0.4, 0.5) is 0 Å². The first-order valence-corrected chi connectivity index (χ1v) is 11.4. The Bertz CT molecular complexity index is 937. The molecule has 2 aromatic carbocycles. The minimum atomic E-state index is 1.00. The molecule has 0 unspecified atom stereocenters. The van der Waals surface area contributed by atoms with Crippen LogP contribution in [0.25, 0.3) is 0 Å². The smallest absolute Gasteiger partial charge is 0.169 e. The molecule has 0 aliphatic carbocycles. The molecule has 0 radical (unpaired) electrons. The maximum Gasteiger partial charge on any atom is 0.169 e. The molecule has 2 heterocycles. The van der Waals surface area contributed by atoms with Gasteiger partial charge in [-0.05, 0) is 41.5 Å². The molecule has 0 aliphatic heterocycles. The van der Waals surface area contributed by atoms with Crippen LogP contribution in [0.15, 0.2) is 110 Å². The number of unbranched alkanes of at least 4 members (excludes halogenated alkanes) is 2. The van der Waals surface area contributed by atoms with Crippen molar-refractivity contribution in [3.63, 3.8) is 0 Å². The highest BCUT2D eigenvalue weighted by molar-refractivity contribution is 5.24. The lowest BCUT2D eigenvalue weighted by Gasteiger charge is -2.03. The molecule has 0 amide bonds. The van der Waals surface area contributed by atoms with E-state index in [1.807, 2.05) is 0 Å². The molecule has 0 aliphatic rings. The van der Waals surface area contributed by atoms with Crippen molar-refractivity contribution in [3.05, 3.63) is 132 Å². The number of rotatable bonds is 10. The maximum atomic E-state index is 2.31. The zero-order valence-corrected chi connectivity index (χ0v) is 18.2. The predicted octanol–water partition coefficient (Wildman–Crippen LogP) is 5.31. The lowest BCUT2D eigenvalue weighted by molar-refractivity contribution is -0.701. The van der Waals surface area contributed by atoms with Crippen molar-refractivity contribution in [2.24, 2.45) is 0 Å². The molecule has 0 N–H and O–H groups in total. The zero-order chi connectivity index (χ0) is 21.1. The summed E-state index contributed by atoms with van der Waals surface area (Å²) in [5.74, 6) is 0. The molecule has 0 atom stereocenters. The average Bonchev–Trinajstić information content (AvgIpc) is 2.82. The van der Waals surface area contributed by atoms with Crippen LogP contribution in [-0.2, 0) is 25.9 Å². The van der Waals surface area contributed by atoms with Gasteiger partial charge < -0.3 is 0 Å². The Morgan fingerprint density at radius 3 is 1.13 bits per heavy atom. The molecule has 4 aromatic rings. The van der Waals surface area contributed by atoms with Crippen LogP contribution >= 0.6 is 0 Å². The fourth-order valence-electron chi connectivity index (χ4n) is 3.94. The molecule has 4 rings (SSSR count). The summed E-state index contributed by atoms with van der Waals surface area (Å²) in [7, 11) is 0. The highest BCUT2D eigenvalue weighted by Crippen LogP contribution is 2.08. The number of nitrogens with zero attached hydrogens (tertiary/aromatic N) is 2. The van der Waals surface area contributed by atoms with E-state index in [0.29, 0.717) is 0 Å². The summed E-state index contributed by atoms with van der Waals surface area (Å²) in [6.45, 7) is 2.18. The van der Waals surface area contributed by atoms with Gasteiger partial charge in [0.25, 0.3) is 0 Å². The molecule has 0 fully saturated rings. The van der Waals surface area contributed by atoms with Gasteiger partial charge in [-0.3, -0.25) is 0 Å². The minimum absolute atomic E-state index is 1.00. The standard InChI is InChI=1S/C29H32N2/c1-4-10-26(11-5-1)24-28-14-20-30(21-15-28)18-8-3-9-19-31-22-16-29(17-23-31)25-27-12-6-2-7-13-27/h1-2,4-7,10-17,20-23H,3,8-9,18-19,24-25H2/q+2. The van der Waals surface area contributed by atoms with Crippen molar-refractivity contribution in [3.8, 4) is 0 Å². The summed E-state index contributed by atoms with van der Waals surface area (Å²) >= 11 is 0. The Morgan fingerprint density at radius 1 is 0.387 bits per heavy atom. The van der Waals surface area contributed by atoms with Crippen LogP contribution in [0.5, 0.6) is 0 Å². The van der Waals surface area contributed by atoms with Crippen LogP contribution in [0.2, 0.25) is 0 Å². The molecule has 156 valence electrons. The predicted molar refractivity (Wildman–Crippen MR) is 126 cm³/mol. The van der Waals surface area contributed by atoms with Gasteiger partial charge in [0, 0.05) is 37.1 Å². The lowest BCUT2D eigenvalue weighted by Crippen LogP contribution is -2.34. The third-order valence-electron chi connectivity index (χ3n) is 5.76. The van der Waals surface area contributed by atoms with Gasteiger partial charge in [0.05, 0.1) is 0 Å². The fraction of sp³-hybridized carbons (Fsp3) is 0.241. The van der Waals surface area contributed by atoms with E-state index in [1.165, 1.54) is 41.5 Å². The maximum absolute atomic E-state index is 2.31. The van der Waals surface area contributed by atoms with Gasteiger partial charge >= 0.3 is 0 Å². The Hall–Kier alpha value is -3.26. The molecule has 0 saturated heterocycles. The number of aryl methyl sites for hydroxylation is 2. The molecule has 2 aromatic heterocycles. The van der Waals surface area contributed by atoms with E-state index in [4.69, 9.17) is 0 Å². The second-order valence-electron chi connectivity index (χ2n) is 8.27. The third kappa shape index (κ3) is 6.89. The lowest BCUT2D eigenvalue weighted by atomic mass is 10.1. The van der Waals surface area contributed by atoms with Gasteiger partial charge in [0.1, 0.15) is 13.1 Å². The molecule has 0 bridgehead atoms. The van der Waals surface area contributed by atoms with Crippen LogP contribution in [0.1, 0.15) is 41.5 Å². The molecule has 0 spiro atoms. The van der Waals surface area contributed by atoms with E-state index in [0.717, 1.165) is 25.9 Å². The first-order chi connectivity index (χ1) is 15.3. The van der Waals surface area contributed by atoms with Crippen LogP contribution in [0.3, 0.4) is 0 Å². The van der Waals surface area contributed by atoms with Crippen LogP contribution < -0.4 is 9.13 Å². The van der Waals surface area contributed by atoms with Crippen molar-refractivity contribution in [1.82, 2.24) is 0 Å². The average molecular weight is 409 g/mol. The van der Waals surface area contributed by atoms with E-state index in [-0.39, 0.29) is 0 Å². The van der Waals surface area contributed by atoms with Crippen molar-refractivity contribution in [2.45, 2.75) is 45.2 Å². The number of pyridine rings is 2. The van der Waals surface area contributed by atoms with E-state index in [2.05, 4.69) is 119 Å². The molecule has 2 heteroatoms. The van der Waals surface area contributed by atoms with E-state index in [9.17, 15) is 0 Å². The summed E-state index contributed by atoms with van der Waals surface area (Å²) in [6.07, 6.45) is 14.6. The first-order valence-electron chi connectivity index (χ1n) is 11.4. The van der Waals surface area contributed by atoms with E-state index in [1.54, 1.807) is 0 Å². The molecular formula is C29H32N2+2. The Morgan fingerprint density at radius 2 is 0.742 bits per heavy atom. The van der Waals surface area contributed by atoms with Gasteiger partial charge in [-0.25, -0.2) is 9.13 Å². The molecular weight excluding hydrogens is 376 g/mol. The SMILES string of the molecule is c1ccc(Cc2cc[n+](CCCCC[n+]3ccc(Cc4ccccc4)cc3)cc2)cc1. The molecule has 2 nitrogen and oxygen atoms in total. The number of aromatic nitrogens is 2. The van der Waals surface area contributed by atoms with Crippen molar-refractivity contribution in [1.29, 1.82) is 0 Å². The summed E-state index contributed by atoms with van der Waals surface area (Å²) in [6, 6.07) is 30.3. The molecule has 0 saturated carbocycles. The number of benzene rings is 2. The van der Waals surface area contributed by atoms with Gasteiger partial charge in [-0.15, -0.1) is 0 Å². The fourth-order valence-corrected chi connectivity index (χ4v) is 3.94. The first kappa shape index (κ1) is 21.0. The minimum Gasteiger partial charge on any atom is -0.205 e. The topological polar surface area (TPSA) is 7.76 Å². The highest BCUT2D eigenvalue weighted by Gasteiger charge is 2.05. The Labute approximate surface area is 186 Å². The second-order valence-corrected chi connectivity index (χ2v) is 8.27. The van der Waals surface area contributed by atoms with Crippen molar-refractivity contribution < 1.29 is 9.13 Å². The van der Waals surface area contributed by atoms with Crippen LogP contribution in [0, 0.1) is 0 Å². The van der Waals surface area contributed by atoms with Gasteiger partial charge in [0.2, 0.25) is 0 Å². The number of hydrogen-bond acceptors (Lipinski definition) is 0. The summed E-state index contributed by atoms with van der Waals surface area (Å²) in [5.41, 5.74) is 5.47. The van der Waals surface area contributed by atoms with Crippen molar-refractivity contribution in [2.75, 3.05) is 0 Å². The van der Waals surface area contributed by atoms with Gasteiger partial charge in [-0.1, -0.05) is 60.7 Å². The van der Waals surface area contributed by atoms with Gasteiger partial charge in [0.15, 0.2) is 24.8 Å².